The van der Waals surface area contributed by atoms with E-state index < -0.39 is 0 Å². The molecule has 0 aliphatic carbocycles. The maximum absolute atomic E-state index is 11.8. The van der Waals surface area contributed by atoms with Crippen LogP contribution in [-0.2, 0) is 9.59 Å². The molecule has 1 aromatic rings. The van der Waals surface area contributed by atoms with E-state index in [-0.39, 0.29) is 17.2 Å². The highest BCUT2D eigenvalue weighted by Gasteiger charge is 2.37. The molecule has 0 unspecified atom stereocenters. The first-order chi connectivity index (χ1) is 7.98. The molecule has 1 fully saturated rings. The van der Waals surface area contributed by atoms with E-state index in [1.54, 1.807) is 24.4 Å². The SMILES string of the molecule is CC1(C)CC(=O)N(Nc2ccccn2)C(=O)C1. The zero-order valence-electron chi connectivity index (χ0n) is 9.93. The van der Waals surface area contributed by atoms with Crippen molar-refractivity contribution in [1.82, 2.24) is 9.99 Å². The minimum absolute atomic E-state index is 0.211. The van der Waals surface area contributed by atoms with Crippen LogP contribution in [0.25, 0.3) is 0 Å². The van der Waals surface area contributed by atoms with E-state index in [1.165, 1.54) is 0 Å². The van der Waals surface area contributed by atoms with E-state index in [4.69, 9.17) is 0 Å². The lowest BCUT2D eigenvalue weighted by molar-refractivity contribution is -0.150. The number of carbonyl (C=O) groups excluding carboxylic acids is 2. The number of anilines is 1. The van der Waals surface area contributed by atoms with Crippen molar-refractivity contribution in [2.24, 2.45) is 5.41 Å². The van der Waals surface area contributed by atoms with Gasteiger partial charge in [0.15, 0.2) is 0 Å². The van der Waals surface area contributed by atoms with Crippen LogP contribution < -0.4 is 5.43 Å². The summed E-state index contributed by atoms with van der Waals surface area (Å²) in [4.78, 5) is 27.7. The number of pyridine rings is 1. The molecule has 1 aliphatic rings. The highest BCUT2D eigenvalue weighted by Crippen LogP contribution is 2.31. The molecule has 1 aliphatic heterocycles. The van der Waals surface area contributed by atoms with Gasteiger partial charge in [0.1, 0.15) is 5.82 Å². The first kappa shape index (κ1) is 11.6. The lowest BCUT2D eigenvalue weighted by Crippen LogP contribution is -2.49. The molecular weight excluding hydrogens is 218 g/mol. The average Bonchev–Trinajstić information content (AvgIpc) is 2.24. The third kappa shape index (κ3) is 2.61. The number of carbonyl (C=O) groups is 2. The van der Waals surface area contributed by atoms with Gasteiger partial charge in [-0.05, 0) is 17.5 Å². The smallest absolute Gasteiger partial charge is 0.248 e. The monoisotopic (exact) mass is 233 g/mol. The summed E-state index contributed by atoms with van der Waals surface area (Å²) in [7, 11) is 0. The molecule has 2 rings (SSSR count). The lowest BCUT2D eigenvalue weighted by atomic mass is 9.82. The summed E-state index contributed by atoms with van der Waals surface area (Å²) in [5.74, 6) is 0.0720. The Hall–Kier alpha value is -1.91. The van der Waals surface area contributed by atoms with Gasteiger partial charge in [-0.1, -0.05) is 19.9 Å². The zero-order chi connectivity index (χ0) is 12.5. The third-order valence-corrected chi connectivity index (χ3v) is 2.65. The molecule has 0 atom stereocenters. The van der Waals surface area contributed by atoms with Gasteiger partial charge in [0.05, 0.1) is 0 Å². The Morgan fingerprint density at radius 2 is 1.88 bits per heavy atom. The van der Waals surface area contributed by atoms with Crippen LogP contribution in [-0.4, -0.2) is 21.8 Å². The van der Waals surface area contributed by atoms with Gasteiger partial charge < -0.3 is 0 Å². The third-order valence-electron chi connectivity index (χ3n) is 2.65. The van der Waals surface area contributed by atoms with Gasteiger partial charge in [0, 0.05) is 19.0 Å². The maximum atomic E-state index is 11.8. The van der Waals surface area contributed by atoms with E-state index in [2.05, 4.69) is 10.4 Å². The Morgan fingerprint density at radius 1 is 1.24 bits per heavy atom. The van der Waals surface area contributed by atoms with Crippen LogP contribution in [0.3, 0.4) is 0 Å². The number of hydrogen-bond acceptors (Lipinski definition) is 4. The fraction of sp³-hybridized carbons (Fsp3) is 0.417. The molecule has 2 heterocycles. The van der Waals surface area contributed by atoms with E-state index in [0.717, 1.165) is 5.01 Å². The van der Waals surface area contributed by atoms with E-state index in [1.807, 2.05) is 13.8 Å². The summed E-state index contributed by atoms with van der Waals surface area (Å²) in [6.07, 6.45) is 2.32. The maximum Gasteiger partial charge on any atom is 0.248 e. The predicted molar refractivity (Wildman–Crippen MR) is 62.7 cm³/mol. The van der Waals surface area contributed by atoms with E-state index in [0.29, 0.717) is 18.7 Å². The summed E-state index contributed by atoms with van der Waals surface area (Å²) in [5.41, 5.74) is 2.49. The second-order valence-corrected chi connectivity index (χ2v) is 4.97. The van der Waals surface area contributed by atoms with Gasteiger partial charge in [-0.15, -0.1) is 0 Å². The Labute approximate surface area is 99.8 Å². The normalized spacial score (nSPS) is 19.3. The summed E-state index contributed by atoms with van der Waals surface area (Å²) >= 11 is 0. The molecule has 17 heavy (non-hydrogen) atoms. The van der Waals surface area contributed by atoms with Crippen molar-refractivity contribution < 1.29 is 9.59 Å². The molecule has 2 amide bonds. The van der Waals surface area contributed by atoms with Gasteiger partial charge in [-0.2, -0.15) is 5.01 Å². The molecule has 0 radical (unpaired) electrons. The van der Waals surface area contributed by atoms with Gasteiger partial charge >= 0.3 is 0 Å². The van der Waals surface area contributed by atoms with Crippen molar-refractivity contribution in [2.45, 2.75) is 26.7 Å². The first-order valence-corrected chi connectivity index (χ1v) is 5.51. The zero-order valence-corrected chi connectivity index (χ0v) is 9.93. The number of hydrazine groups is 1. The molecule has 0 aromatic carbocycles. The molecule has 0 saturated carbocycles. The minimum Gasteiger partial charge on any atom is -0.273 e. The van der Waals surface area contributed by atoms with Crippen molar-refractivity contribution in [3.63, 3.8) is 0 Å². The van der Waals surface area contributed by atoms with Crippen molar-refractivity contribution in [1.29, 1.82) is 0 Å². The Morgan fingerprint density at radius 3 is 2.41 bits per heavy atom. The number of aromatic nitrogens is 1. The molecule has 0 spiro atoms. The van der Waals surface area contributed by atoms with Crippen molar-refractivity contribution >= 4 is 17.6 Å². The summed E-state index contributed by atoms with van der Waals surface area (Å²) in [6.45, 7) is 3.84. The van der Waals surface area contributed by atoms with Crippen LogP contribution in [0.15, 0.2) is 24.4 Å². The quantitative estimate of drug-likeness (QED) is 0.788. The van der Waals surface area contributed by atoms with Crippen molar-refractivity contribution in [3.05, 3.63) is 24.4 Å². The molecule has 1 aromatic heterocycles. The van der Waals surface area contributed by atoms with Crippen LogP contribution in [0, 0.1) is 5.41 Å². The second-order valence-electron chi connectivity index (χ2n) is 4.97. The van der Waals surface area contributed by atoms with Crippen LogP contribution in [0.4, 0.5) is 5.82 Å². The predicted octanol–water partition coefficient (Wildman–Crippen LogP) is 1.58. The summed E-state index contributed by atoms with van der Waals surface area (Å²) in [5, 5.41) is 1.06. The number of nitrogens with one attached hydrogen (secondary N) is 1. The van der Waals surface area contributed by atoms with Crippen LogP contribution in [0.1, 0.15) is 26.7 Å². The standard InChI is InChI=1S/C12H15N3O2/c1-12(2)7-10(16)15(11(17)8-12)14-9-5-3-4-6-13-9/h3-6H,7-8H2,1-2H3,(H,13,14). The lowest BCUT2D eigenvalue weighted by Gasteiger charge is -2.34. The van der Waals surface area contributed by atoms with Gasteiger partial charge in [0.2, 0.25) is 11.8 Å². The Bertz CT molecular complexity index is 422. The first-order valence-electron chi connectivity index (χ1n) is 5.51. The number of hydrogen-bond donors (Lipinski definition) is 1. The highest BCUT2D eigenvalue weighted by molar-refractivity contribution is 5.99. The Balaban J connectivity index is 2.12. The van der Waals surface area contributed by atoms with Crippen LogP contribution >= 0.6 is 0 Å². The second kappa shape index (κ2) is 4.16. The molecular formula is C12H15N3O2. The van der Waals surface area contributed by atoms with Gasteiger partial charge in [-0.3, -0.25) is 15.0 Å². The topological polar surface area (TPSA) is 62.3 Å². The number of amides is 2. The van der Waals surface area contributed by atoms with Gasteiger partial charge in [0.25, 0.3) is 0 Å². The number of piperidine rings is 1. The van der Waals surface area contributed by atoms with Crippen molar-refractivity contribution in [3.8, 4) is 0 Å². The number of imide groups is 1. The molecule has 0 bridgehead atoms. The van der Waals surface area contributed by atoms with E-state index in [9.17, 15) is 9.59 Å². The minimum atomic E-state index is -0.254. The number of nitrogens with zero attached hydrogens (tertiary/aromatic N) is 2. The Kier molecular flexibility index (Phi) is 2.83. The molecule has 5 nitrogen and oxygen atoms in total. The highest BCUT2D eigenvalue weighted by atomic mass is 16.2. The molecule has 90 valence electrons. The molecule has 5 heteroatoms. The van der Waals surface area contributed by atoms with Crippen LogP contribution in [0.2, 0.25) is 0 Å². The largest absolute Gasteiger partial charge is 0.273 e. The molecule has 1 N–H and O–H groups in total. The fourth-order valence-corrected chi connectivity index (χ4v) is 1.85. The number of rotatable bonds is 2. The summed E-state index contributed by atoms with van der Waals surface area (Å²) < 4.78 is 0. The van der Waals surface area contributed by atoms with Crippen molar-refractivity contribution in [2.75, 3.05) is 5.43 Å². The fourth-order valence-electron chi connectivity index (χ4n) is 1.85. The van der Waals surface area contributed by atoms with E-state index >= 15 is 0 Å². The average molecular weight is 233 g/mol. The summed E-state index contributed by atoms with van der Waals surface area (Å²) in [6, 6.07) is 5.27. The van der Waals surface area contributed by atoms with Crippen LogP contribution in [0.5, 0.6) is 0 Å². The molecule has 1 saturated heterocycles. The van der Waals surface area contributed by atoms with Gasteiger partial charge in [-0.25, -0.2) is 4.98 Å².